The maximum atomic E-state index is 12.0. The first-order valence-electron chi connectivity index (χ1n) is 8.14. The Balaban J connectivity index is 1.84. The molecule has 5 nitrogen and oxygen atoms in total. The maximum absolute atomic E-state index is 12.0. The molecule has 0 bridgehead atoms. The Hall–Kier alpha value is -2.24. The first-order valence-corrected chi connectivity index (χ1v) is 8.90. The third-order valence-electron chi connectivity index (χ3n) is 3.39. The number of nitrogens with one attached hydrogen (secondary N) is 1. The molecule has 0 heterocycles. The van der Waals surface area contributed by atoms with E-state index in [1.165, 1.54) is 6.07 Å². The molecule has 0 aliphatic rings. The van der Waals surface area contributed by atoms with Gasteiger partial charge in [0.15, 0.2) is 6.61 Å². The zero-order chi connectivity index (χ0) is 18.9. The van der Waals surface area contributed by atoms with E-state index in [0.29, 0.717) is 33.7 Å². The van der Waals surface area contributed by atoms with Gasteiger partial charge in [0.1, 0.15) is 5.75 Å². The molecule has 0 fully saturated rings. The van der Waals surface area contributed by atoms with Crippen molar-refractivity contribution in [2.24, 2.45) is 0 Å². The molecule has 2 aromatic carbocycles. The third kappa shape index (κ3) is 6.24. The van der Waals surface area contributed by atoms with Crippen molar-refractivity contribution in [3.05, 3.63) is 58.1 Å². The van der Waals surface area contributed by atoms with Crippen LogP contribution in [-0.4, -0.2) is 25.1 Å². The van der Waals surface area contributed by atoms with Crippen LogP contribution in [0.2, 0.25) is 10.0 Å². The Morgan fingerprint density at radius 1 is 1.08 bits per heavy atom. The summed E-state index contributed by atoms with van der Waals surface area (Å²) < 4.78 is 10.5. The Morgan fingerprint density at radius 2 is 1.81 bits per heavy atom. The number of hydrogen-bond acceptors (Lipinski definition) is 4. The first kappa shape index (κ1) is 20.1. The van der Waals surface area contributed by atoms with Gasteiger partial charge in [-0.15, -0.1) is 0 Å². The summed E-state index contributed by atoms with van der Waals surface area (Å²) in [5.41, 5.74) is 0.981. The fraction of sp³-hybridized carbons (Fsp3) is 0.263. The number of carbonyl (C=O) groups excluding carboxylic acids is 2. The molecule has 0 saturated carbocycles. The van der Waals surface area contributed by atoms with E-state index in [1.54, 1.807) is 36.4 Å². The van der Waals surface area contributed by atoms with Crippen LogP contribution < -0.4 is 10.1 Å². The van der Waals surface area contributed by atoms with Gasteiger partial charge in [0.25, 0.3) is 5.91 Å². The van der Waals surface area contributed by atoms with Crippen molar-refractivity contribution in [3.63, 3.8) is 0 Å². The van der Waals surface area contributed by atoms with Crippen LogP contribution in [0.4, 0.5) is 5.69 Å². The smallest absolute Gasteiger partial charge is 0.338 e. The minimum absolute atomic E-state index is 0.206. The molecule has 0 atom stereocenters. The SMILES string of the molecule is CCCCOC(=O)c1ccc(NC(=O)COc2ccc(Cl)cc2Cl)cc1. The number of hydrogen-bond donors (Lipinski definition) is 1. The van der Waals surface area contributed by atoms with Crippen LogP contribution in [0.15, 0.2) is 42.5 Å². The van der Waals surface area contributed by atoms with Crippen molar-refractivity contribution in [2.45, 2.75) is 19.8 Å². The quantitative estimate of drug-likeness (QED) is 0.506. The average Bonchev–Trinajstić information content (AvgIpc) is 2.61. The van der Waals surface area contributed by atoms with E-state index >= 15 is 0 Å². The van der Waals surface area contributed by atoms with Gasteiger partial charge in [-0.05, 0) is 48.9 Å². The maximum Gasteiger partial charge on any atom is 0.338 e. The van der Waals surface area contributed by atoms with Crippen LogP contribution in [0.3, 0.4) is 0 Å². The zero-order valence-electron chi connectivity index (χ0n) is 14.3. The number of halogens is 2. The van der Waals surface area contributed by atoms with Gasteiger partial charge in [-0.2, -0.15) is 0 Å². The normalized spacial score (nSPS) is 10.3. The number of rotatable bonds is 8. The molecule has 0 unspecified atom stereocenters. The third-order valence-corrected chi connectivity index (χ3v) is 3.92. The molecule has 2 rings (SSSR count). The second kappa shape index (κ2) is 10.0. The molecular weight excluding hydrogens is 377 g/mol. The number of anilines is 1. The van der Waals surface area contributed by atoms with Crippen molar-refractivity contribution >= 4 is 40.8 Å². The van der Waals surface area contributed by atoms with Gasteiger partial charge in [0.2, 0.25) is 0 Å². The first-order chi connectivity index (χ1) is 12.5. The number of benzene rings is 2. The van der Waals surface area contributed by atoms with Gasteiger partial charge in [-0.3, -0.25) is 4.79 Å². The average molecular weight is 396 g/mol. The number of ether oxygens (including phenoxy) is 2. The summed E-state index contributed by atoms with van der Waals surface area (Å²) in [6.45, 7) is 2.22. The monoisotopic (exact) mass is 395 g/mol. The summed E-state index contributed by atoms with van der Waals surface area (Å²) >= 11 is 11.8. The minimum atomic E-state index is -0.378. The highest BCUT2D eigenvalue weighted by Crippen LogP contribution is 2.27. The molecule has 26 heavy (non-hydrogen) atoms. The van der Waals surface area contributed by atoms with E-state index in [2.05, 4.69) is 5.32 Å². The lowest BCUT2D eigenvalue weighted by Gasteiger charge is -2.09. The van der Waals surface area contributed by atoms with E-state index in [4.69, 9.17) is 32.7 Å². The Kier molecular flexibility index (Phi) is 7.75. The van der Waals surface area contributed by atoms with Crippen molar-refractivity contribution in [3.8, 4) is 5.75 Å². The molecule has 1 N–H and O–H groups in total. The van der Waals surface area contributed by atoms with Gasteiger partial charge in [0, 0.05) is 10.7 Å². The van der Waals surface area contributed by atoms with Crippen molar-refractivity contribution in [1.82, 2.24) is 0 Å². The van der Waals surface area contributed by atoms with Gasteiger partial charge >= 0.3 is 5.97 Å². The van der Waals surface area contributed by atoms with E-state index in [9.17, 15) is 9.59 Å². The molecule has 0 spiro atoms. The standard InChI is InChI=1S/C19H19Cl2NO4/c1-2-3-10-25-19(24)13-4-7-15(8-5-13)22-18(23)12-26-17-9-6-14(20)11-16(17)21/h4-9,11H,2-3,10,12H2,1H3,(H,22,23). The molecule has 138 valence electrons. The van der Waals surface area contributed by atoms with Crippen molar-refractivity contribution in [1.29, 1.82) is 0 Å². The van der Waals surface area contributed by atoms with Crippen molar-refractivity contribution in [2.75, 3.05) is 18.5 Å². The van der Waals surface area contributed by atoms with Gasteiger partial charge < -0.3 is 14.8 Å². The fourth-order valence-electron chi connectivity index (χ4n) is 2.01. The van der Waals surface area contributed by atoms with E-state index in [1.807, 2.05) is 6.92 Å². The van der Waals surface area contributed by atoms with Gasteiger partial charge in [-0.25, -0.2) is 4.79 Å². The highest BCUT2D eigenvalue weighted by molar-refractivity contribution is 6.35. The van der Waals surface area contributed by atoms with Gasteiger partial charge in [0.05, 0.1) is 17.2 Å². The topological polar surface area (TPSA) is 64.6 Å². The molecule has 7 heteroatoms. The Morgan fingerprint density at radius 3 is 2.46 bits per heavy atom. The van der Waals surface area contributed by atoms with E-state index < -0.39 is 0 Å². The Labute approximate surface area is 162 Å². The van der Waals surface area contributed by atoms with Crippen LogP contribution in [0.25, 0.3) is 0 Å². The van der Waals surface area contributed by atoms with Crippen molar-refractivity contribution < 1.29 is 19.1 Å². The minimum Gasteiger partial charge on any atom is -0.482 e. The number of carbonyl (C=O) groups is 2. The van der Waals surface area contributed by atoms with E-state index in [0.717, 1.165) is 12.8 Å². The highest BCUT2D eigenvalue weighted by atomic mass is 35.5. The second-order valence-corrected chi connectivity index (χ2v) is 6.32. The summed E-state index contributed by atoms with van der Waals surface area (Å²) in [5, 5.41) is 3.49. The molecule has 2 aromatic rings. The van der Waals surface area contributed by atoms with Gasteiger partial charge in [-0.1, -0.05) is 36.5 Å². The summed E-state index contributed by atoms with van der Waals surface area (Å²) in [6, 6.07) is 11.2. The fourth-order valence-corrected chi connectivity index (χ4v) is 2.48. The van der Waals surface area contributed by atoms with Crippen LogP contribution in [0, 0.1) is 0 Å². The van der Waals surface area contributed by atoms with Crippen LogP contribution >= 0.6 is 23.2 Å². The lowest BCUT2D eigenvalue weighted by Crippen LogP contribution is -2.20. The molecular formula is C19H19Cl2NO4. The zero-order valence-corrected chi connectivity index (χ0v) is 15.8. The predicted molar refractivity (Wildman–Crippen MR) is 102 cm³/mol. The molecule has 0 radical (unpaired) electrons. The Bertz CT molecular complexity index is 763. The second-order valence-electron chi connectivity index (χ2n) is 5.48. The predicted octanol–water partition coefficient (Wildman–Crippen LogP) is 4.97. The summed E-state index contributed by atoms with van der Waals surface area (Å²) in [5.74, 6) is -0.359. The number of unbranched alkanes of at least 4 members (excludes halogenated alkanes) is 1. The van der Waals surface area contributed by atoms with E-state index in [-0.39, 0.29) is 18.5 Å². The number of esters is 1. The summed E-state index contributed by atoms with van der Waals surface area (Å²) in [7, 11) is 0. The number of amides is 1. The molecule has 0 saturated heterocycles. The molecule has 0 aromatic heterocycles. The largest absolute Gasteiger partial charge is 0.482 e. The van der Waals surface area contributed by atoms with Crippen LogP contribution in [-0.2, 0) is 9.53 Å². The molecule has 0 aliphatic carbocycles. The summed E-state index contributed by atoms with van der Waals surface area (Å²) in [4.78, 5) is 23.8. The van der Waals surface area contributed by atoms with Crippen LogP contribution in [0.1, 0.15) is 30.1 Å². The molecule has 1 amide bonds. The lowest BCUT2D eigenvalue weighted by molar-refractivity contribution is -0.118. The lowest BCUT2D eigenvalue weighted by atomic mass is 10.2. The summed E-state index contributed by atoms with van der Waals surface area (Å²) in [6.07, 6.45) is 1.79. The van der Waals surface area contributed by atoms with Crippen LogP contribution in [0.5, 0.6) is 5.75 Å². The molecule has 0 aliphatic heterocycles. The highest BCUT2D eigenvalue weighted by Gasteiger charge is 2.09.